The lowest BCUT2D eigenvalue weighted by Crippen LogP contribution is -2.37. The van der Waals surface area contributed by atoms with Gasteiger partial charge in [-0.3, -0.25) is 19.9 Å². The summed E-state index contributed by atoms with van der Waals surface area (Å²) in [6.07, 6.45) is 3.53. The number of benzene rings is 1. The summed E-state index contributed by atoms with van der Waals surface area (Å²) in [4.78, 5) is 32.7. The number of nitrogens with one attached hydrogen (secondary N) is 1. The van der Waals surface area contributed by atoms with Crippen LogP contribution in [0.5, 0.6) is 0 Å². The molecule has 1 N–H and O–H groups in total. The van der Waals surface area contributed by atoms with Crippen LogP contribution in [0.1, 0.15) is 50.2 Å². The number of hydrogen-bond donors (Lipinski definition) is 1. The van der Waals surface area contributed by atoms with Gasteiger partial charge in [0.25, 0.3) is 11.6 Å². The van der Waals surface area contributed by atoms with Gasteiger partial charge < -0.3 is 15.1 Å². The molecule has 34 heavy (non-hydrogen) atoms. The summed E-state index contributed by atoms with van der Waals surface area (Å²) in [6.45, 7) is 11.9. The smallest absolute Gasteiger partial charge is 0.293 e. The Labute approximate surface area is 203 Å². The predicted molar refractivity (Wildman–Crippen MR) is 137 cm³/mol. The molecule has 8 heteroatoms. The number of nitro benzene ring substituents is 1. The molecule has 0 unspecified atom stereocenters. The summed E-state index contributed by atoms with van der Waals surface area (Å²) in [7, 11) is 2.06. The van der Waals surface area contributed by atoms with E-state index in [2.05, 4.69) is 49.9 Å². The molecule has 0 atom stereocenters. The summed E-state index contributed by atoms with van der Waals surface area (Å²) < 4.78 is 0. The van der Waals surface area contributed by atoms with Crippen LogP contribution in [0.25, 0.3) is 0 Å². The van der Waals surface area contributed by atoms with E-state index in [1.54, 1.807) is 23.2 Å². The molecule has 1 aromatic heterocycles. The van der Waals surface area contributed by atoms with Gasteiger partial charge in [-0.15, -0.1) is 0 Å². The molecule has 2 rings (SSSR count). The van der Waals surface area contributed by atoms with Gasteiger partial charge in [-0.1, -0.05) is 33.8 Å². The second-order valence-electron chi connectivity index (χ2n) is 9.64. The number of rotatable bonds is 14. The first-order valence-electron chi connectivity index (χ1n) is 12.1. The molecule has 2 aromatic rings. The SMILES string of the molecule is CC(C)CN(CC(C)C)C(=O)c1ccc(NCCCN(C)CCc2ccccn2)c([N+](=O)[O-])c1. The molecule has 0 aliphatic rings. The Hall–Kier alpha value is -3.00. The molecule has 0 fully saturated rings. The Morgan fingerprint density at radius 2 is 1.79 bits per heavy atom. The average Bonchev–Trinajstić information content (AvgIpc) is 2.79. The van der Waals surface area contributed by atoms with Crippen LogP contribution < -0.4 is 5.32 Å². The van der Waals surface area contributed by atoms with Crippen LogP contribution in [0.2, 0.25) is 0 Å². The second kappa shape index (κ2) is 13.6. The number of nitrogens with zero attached hydrogens (tertiary/aromatic N) is 4. The third-order valence-electron chi connectivity index (χ3n) is 5.41. The highest BCUT2D eigenvalue weighted by atomic mass is 16.6. The molecule has 0 aliphatic carbocycles. The third kappa shape index (κ3) is 9.09. The maximum absolute atomic E-state index is 13.1. The topological polar surface area (TPSA) is 91.6 Å². The zero-order chi connectivity index (χ0) is 25.1. The third-order valence-corrected chi connectivity index (χ3v) is 5.41. The van der Waals surface area contributed by atoms with Gasteiger partial charge in [0.05, 0.1) is 4.92 Å². The highest BCUT2D eigenvalue weighted by Crippen LogP contribution is 2.26. The highest BCUT2D eigenvalue weighted by molar-refractivity contribution is 5.95. The predicted octanol–water partition coefficient (Wildman–Crippen LogP) is 4.72. The van der Waals surface area contributed by atoms with Crippen LogP contribution in [-0.2, 0) is 6.42 Å². The van der Waals surface area contributed by atoms with Crippen molar-refractivity contribution in [1.29, 1.82) is 0 Å². The summed E-state index contributed by atoms with van der Waals surface area (Å²) in [6, 6.07) is 10.7. The quantitative estimate of drug-likeness (QED) is 0.245. The Kier molecular flexibility index (Phi) is 10.9. The number of nitro groups is 1. The van der Waals surface area contributed by atoms with Crippen molar-refractivity contribution in [3.05, 3.63) is 64.0 Å². The summed E-state index contributed by atoms with van der Waals surface area (Å²) in [5, 5.41) is 14.9. The molecule has 0 radical (unpaired) electrons. The van der Waals surface area contributed by atoms with Gasteiger partial charge in [-0.25, -0.2) is 0 Å². The maximum atomic E-state index is 13.1. The van der Waals surface area contributed by atoms with Crippen molar-refractivity contribution in [2.75, 3.05) is 45.1 Å². The largest absolute Gasteiger partial charge is 0.379 e. The molecule has 0 spiro atoms. The zero-order valence-corrected chi connectivity index (χ0v) is 21.2. The van der Waals surface area contributed by atoms with Crippen LogP contribution in [-0.4, -0.2) is 65.4 Å². The molecular weight excluding hydrogens is 430 g/mol. The number of likely N-dealkylation sites (N-methyl/N-ethyl adjacent to an activating group) is 1. The van der Waals surface area contributed by atoms with Crippen LogP contribution in [0.3, 0.4) is 0 Å². The van der Waals surface area contributed by atoms with Crippen molar-refractivity contribution in [1.82, 2.24) is 14.8 Å². The van der Waals surface area contributed by atoms with E-state index in [4.69, 9.17) is 0 Å². The van der Waals surface area contributed by atoms with E-state index in [0.29, 0.717) is 42.7 Å². The standard InChI is InChI=1S/C26H39N5O3/c1-20(2)18-30(19-21(3)4)26(32)22-10-11-24(25(17-22)31(33)34)28-14-8-15-29(5)16-12-23-9-6-7-13-27-23/h6-7,9-11,13,17,20-21,28H,8,12,14-16,18-19H2,1-5H3. The van der Waals surface area contributed by atoms with Crippen molar-refractivity contribution in [2.45, 2.75) is 40.5 Å². The Morgan fingerprint density at radius 3 is 2.38 bits per heavy atom. The monoisotopic (exact) mass is 469 g/mol. The second-order valence-corrected chi connectivity index (χ2v) is 9.64. The summed E-state index contributed by atoms with van der Waals surface area (Å²) in [5.74, 6) is 0.480. The maximum Gasteiger partial charge on any atom is 0.293 e. The van der Waals surface area contributed by atoms with E-state index >= 15 is 0 Å². The number of carbonyl (C=O) groups is 1. The van der Waals surface area contributed by atoms with Gasteiger partial charge in [0.1, 0.15) is 5.69 Å². The van der Waals surface area contributed by atoms with Crippen LogP contribution in [0.4, 0.5) is 11.4 Å². The van der Waals surface area contributed by atoms with Gasteiger partial charge in [0.2, 0.25) is 0 Å². The number of carbonyl (C=O) groups excluding carboxylic acids is 1. The fourth-order valence-electron chi connectivity index (χ4n) is 3.80. The lowest BCUT2D eigenvalue weighted by molar-refractivity contribution is -0.384. The lowest BCUT2D eigenvalue weighted by Gasteiger charge is -2.26. The molecule has 186 valence electrons. The minimum atomic E-state index is -0.423. The zero-order valence-electron chi connectivity index (χ0n) is 21.2. The van der Waals surface area contributed by atoms with Gasteiger partial charge >= 0.3 is 0 Å². The molecule has 8 nitrogen and oxygen atoms in total. The Bertz CT molecular complexity index is 908. The highest BCUT2D eigenvalue weighted by Gasteiger charge is 2.22. The fraction of sp³-hybridized carbons (Fsp3) is 0.538. The molecule has 0 saturated heterocycles. The van der Waals surface area contributed by atoms with E-state index in [-0.39, 0.29) is 11.6 Å². The summed E-state index contributed by atoms with van der Waals surface area (Å²) in [5.41, 5.74) is 1.80. The lowest BCUT2D eigenvalue weighted by atomic mass is 10.1. The van der Waals surface area contributed by atoms with Crippen LogP contribution in [0, 0.1) is 22.0 Å². The van der Waals surface area contributed by atoms with E-state index in [9.17, 15) is 14.9 Å². The number of anilines is 1. The van der Waals surface area contributed by atoms with Crippen LogP contribution >= 0.6 is 0 Å². The molecule has 1 amide bonds. The number of pyridine rings is 1. The first kappa shape index (κ1) is 27.2. The Morgan fingerprint density at radius 1 is 1.09 bits per heavy atom. The molecular formula is C26H39N5O3. The summed E-state index contributed by atoms with van der Waals surface area (Å²) >= 11 is 0. The molecule has 1 heterocycles. The van der Waals surface area contributed by atoms with Crippen molar-refractivity contribution in [3.8, 4) is 0 Å². The normalized spacial score (nSPS) is 11.3. The molecule has 0 aliphatic heterocycles. The van der Waals surface area contributed by atoms with Gasteiger partial charge in [-0.05, 0) is 56.1 Å². The first-order valence-corrected chi connectivity index (χ1v) is 12.1. The van der Waals surface area contributed by atoms with Gasteiger partial charge in [-0.2, -0.15) is 0 Å². The average molecular weight is 470 g/mol. The number of amides is 1. The fourth-order valence-corrected chi connectivity index (χ4v) is 3.80. The van der Waals surface area contributed by atoms with E-state index in [1.807, 2.05) is 18.2 Å². The number of hydrogen-bond acceptors (Lipinski definition) is 6. The van der Waals surface area contributed by atoms with Gasteiger partial charge in [0.15, 0.2) is 0 Å². The minimum absolute atomic E-state index is 0.0663. The molecule has 1 aromatic carbocycles. The molecule has 0 saturated carbocycles. The minimum Gasteiger partial charge on any atom is -0.379 e. The van der Waals surface area contributed by atoms with Crippen molar-refractivity contribution < 1.29 is 9.72 Å². The van der Waals surface area contributed by atoms with Crippen molar-refractivity contribution >= 4 is 17.3 Å². The van der Waals surface area contributed by atoms with E-state index in [0.717, 1.165) is 31.6 Å². The molecule has 0 bridgehead atoms. The van der Waals surface area contributed by atoms with Crippen molar-refractivity contribution in [2.24, 2.45) is 11.8 Å². The van der Waals surface area contributed by atoms with Crippen molar-refractivity contribution in [3.63, 3.8) is 0 Å². The Balaban J connectivity index is 1.94. The van der Waals surface area contributed by atoms with Gasteiger partial charge in [0, 0.05) is 56.1 Å². The van der Waals surface area contributed by atoms with E-state index < -0.39 is 4.92 Å². The first-order chi connectivity index (χ1) is 16.2. The van der Waals surface area contributed by atoms with Crippen LogP contribution in [0.15, 0.2) is 42.6 Å². The number of aromatic nitrogens is 1. The van der Waals surface area contributed by atoms with E-state index in [1.165, 1.54) is 6.07 Å².